The summed E-state index contributed by atoms with van der Waals surface area (Å²) in [4.78, 5) is 16.6. The van der Waals surface area contributed by atoms with Gasteiger partial charge in [-0.25, -0.2) is 4.79 Å². The number of urea groups is 1. The molecule has 0 spiro atoms. The number of nitrogens with zero attached hydrogens (tertiary/aromatic N) is 3. The van der Waals surface area contributed by atoms with E-state index in [0.29, 0.717) is 24.3 Å². The minimum absolute atomic E-state index is 0.148. The molecule has 1 heterocycles. The lowest BCUT2D eigenvalue weighted by atomic mass is 9.87. The van der Waals surface area contributed by atoms with Crippen LogP contribution in [0.1, 0.15) is 31.9 Å². The highest BCUT2D eigenvalue weighted by molar-refractivity contribution is 5.91. The van der Waals surface area contributed by atoms with Crippen LogP contribution in [-0.2, 0) is 5.41 Å². The van der Waals surface area contributed by atoms with Crippen LogP contribution in [0.3, 0.4) is 0 Å². The van der Waals surface area contributed by atoms with Crippen LogP contribution in [0.25, 0.3) is 0 Å². The van der Waals surface area contributed by atoms with Crippen LogP contribution in [0, 0.1) is 11.3 Å². The molecular weight excluding hydrogens is 336 g/mol. The lowest BCUT2D eigenvalue weighted by Crippen LogP contribution is -2.50. The number of para-hydroxylation sites is 1. The van der Waals surface area contributed by atoms with Gasteiger partial charge in [-0.2, -0.15) is 5.26 Å². The van der Waals surface area contributed by atoms with Gasteiger partial charge in [-0.15, -0.1) is 0 Å². The molecule has 1 aliphatic heterocycles. The fourth-order valence-electron chi connectivity index (χ4n) is 3.22. The Morgan fingerprint density at radius 2 is 1.63 bits per heavy atom. The fraction of sp³-hybridized carbons (Fsp3) is 0.364. The molecule has 140 valence electrons. The maximum Gasteiger partial charge on any atom is 0.322 e. The first kappa shape index (κ1) is 18.8. The van der Waals surface area contributed by atoms with E-state index in [2.05, 4.69) is 61.3 Å². The lowest BCUT2D eigenvalue weighted by Gasteiger charge is -2.36. The number of carbonyl (C=O) groups excluding carboxylic acids is 1. The number of amides is 2. The van der Waals surface area contributed by atoms with Crippen molar-refractivity contribution >= 4 is 17.4 Å². The first-order valence-corrected chi connectivity index (χ1v) is 9.29. The van der Waals surface area contributed by atoms with E-state index in [0.717, 1.165) is 13.1 Å². The zero-order valence-electron chi connectivity index (χ0n) is 16.2. The largest absolute Gasteiger partial charge is 0.368 e. The third-order valence-electron chi connectivity index (χ3n) is 4.95. The highest BCUT2D eigenvalue weighted by Gasteiger charge is 2.22. The molecule has 0 aliphatic carbocycles. The fourth-order valence-corrected chi connectivity index (χ4v) is 3.22. The van der Waals surface area contributed by atoms with Crippen molar-refractivity contribution < 1.29 is 4.79 Å². The molecule has 5 nitrogen and oxygen atoms in total. The Labute approximate surface area is 161 Å². The van der Waals surface area contributed by atoms with Crippen molar-refractivity contribution in [2.24, 2.45) is 0 Å². The number of anilines is 2. The van der Waals surface area contributed by atoms with Gasteiger partial charge in [-0.3, -0.25) is 0 Å². The zero-order chi connectivity index (χ0) is 19.4. The maximum atomic E-state index is 12.5. The van der Waals surface area contributed by atoms with Gasteiger partial charge < -0.3 is 15.1 Å². The van der Waals surface area contributed by atoms with Crippen LogP contribution in [0.2, 0.25) is 0 Å². The van der Waals surface area contributed by atoms with Crippen molar-refractivity contribution in [3.63, 3.8) is 0 Å². The molecule has 0 radical (unpaired) electrons. The van der Waals surface area contributed by atoms with E-state index < -0.39 is 0 Å². The number of nitrogens with one attached hydrogen (secondary N) is 1. The SMILES string of the molecule is CC(C)(C)c1ccc(N2CCN(C(=O)Nc3ccccc3C#N)CC2)cc1. The second kappa shape index (κ2) is 7.71. The summed E-state index contributed by atoms with van der Waals surface area (Å²) in [6, 6.07) is 17.7. The Balaban J connectivity index is 1.58. The molecule has 0 unspecified atom stereocenters. The van der Waals surface area contributed by atoms with Gasteiger partial charge in [0.2, 0.25) is 0 Å². The van der Waals surface area contributed by atoms with Crippen molar-refractivity contribution in [2.45, 2.75) is 26.2 Å². The summed E-state index contributed by atoms with van der Waals surface area (Å²) in [5.41, 5.74) is 3.70. The Hall–Kier alpha value is -3.00. The molecule has 2 aromatic rings. The van der Waals surface area contributed by atoms with Crippen molar-refractivity contribution in [1.82, 2.24) is 4.90 Å². The first-order valence-electron chi connectivity index (χ1n) is 9.29. The average molecular weight is 362 g/mol. The van der Waals surface area contributed by atoms with Gasteiger partial charge in [-0.1, -0.05) is 45.0 Å². The first-order chi connectivity index (χ1) is 12.9. The van der Waals surface area contributed by atoms with E-state index in [4.69, 9.17) is 5.26 Å². The van der Waals surface area contributed by atoms with Gasteiger partial charge in [-0.05, 0) is 35.2 Å². The van der Waals surface area contributed by atoms with Gasteiger partial charge in [0, 0.05) is 31.9 Å². The summed E-state index contributed by atoms with van der Waals surface area (Å²) < 4.78 is 0. The molecule has 27 heavy (non-hydrogen) atoms. The molecule has 2 amide bonds. The molecule has 5 heteroatoms. The Morgan fingerprint density at radius 3 is 2.22 bits per heavy atom. The monoisotopic (exact) mass is 362 g/mol. The van der Waals surface area contributed by atoms with E-state index in [1.54, 1.807) is 23.1 Å². The normalized spacial score (nSPS) is 14.6. The average Bonchev–Trinajstić information content (AvgIpc) is 2.68. The second-order valence-corrected chi connectivity index (χ2v) is 7.86. The number of nitriles is 1. The standard InChI is InChI=1S/C22H26N4O/c1-22(2,3)18-8-10-19(11-9-18)25-12-14-26(15-13-25)21(27)24-20-7-5-4-6-17(20)16-23/h4-11H,12-15H2,1-3H3,(H,24,27). The van der Waals surface area contributed by atoms with E-state index in [1.807, 2.05) is 6.07 Å². The van der Waals surface area contributed by atoms with Crippen LogP contribution in [0.5, 0.6) is 0 Å². The quantitative estimate of drug-likeness (QED) is 0.870. The molecule has 0 bridgehead atoms. The van der Waals surface area contributed by atoms with Gasteiger partial charge in [0.05, 0.1) is 11.3 Å². The Kier molecular flexibility index (Phi) is 5.36. The molecule has 1 aliphatic rings. The van der Waals surface area contributed by atoms with Crippen molar-refractivity contribution in [3.8, 4) is 6.07 Å². The van der Waals surface area contributed by atoms with Crippen molar-refractivity contribution in [1.29, 1.82) is 5.26 Å². The van der Waals surface area contributed by atoms with Gasteiger partial charge in [0.25, 0.3) is 0 Å². The number of hydrogen-bond acceptors (Lipinski definition) is 3. The number of piperazine rings is 1. The van der Waals surface area contributed by atoms with Crippen LogP contribution in [0.4, 0.5) is 16.2 Å². The summed E-state index contributed by atoms with van der Waals surface area (Å²) in [5, 5.41) is 12.0. The lowest BCUT2D eigenvalue weighted by molar-refractivity contribution is 0.208. The second-order valence-electron chi connectivity index (χ2n) is 7.86. The highest BCUT2D eigenvalue weighted by atomic mass is 16.2. The summed E-state index contributed by atoms with van der Waals surface area (Å²) in [6.07, 6.45) is 0. The molecule has 1 fully saturated rings. The van der Waals surface area contributed by atoms with Crippen LogP contribution in [0.15, 0.2) is 48.5 Å². The topological polar surface area (TPSA) is 59.4 Å². The third-order valence-corrected chi connectivity index (χ3v) is 4.95. The molecule has 1 N–H and O–H groups in total. The molecule has 0 saturated carbocycles. The van der Waals surface area contributed by atoms with Gasteiger partial charge in [0.15, 0.2) is 0 Å². The van der Waals surface area contributed by atoms with E-state index in [9.17, 15) is 4.79 Å². The molecule has 3 rings (SSSR count). The van der Waals surface area contributed by atoms with Crippen LogP contribution < -0.4 is 10.2 Å². The molecule has 0 atom stereocenters. The number of hydrogen-bond donors (Lipinski definition) is 1. The molecule has 2 aromatic carbocycles. The minimum atomic E-state index is -0.152. The summed E-state index contributed by atoms with van der Waals surface area (Å²) in [7, 11) is 0. The summed E-state index contributed by atoms with van der Waals surface area (Å²) in [6.45, 7) is 9.53. The predicted octanol–water partition coefficient (Wildman–Crippen LogP) is 4.21. The zero-order valence-corrected chi connectivity index (χ0v) is 16.2. The predicted molar refractivity (Wildman–Crippen MR) is 109 cm³/mol. The Morgan fingerprint density at radius 1 is 1.00 bits per heavy atom. The molecular formula is C22H26N4O. The van der Waals surface area contributed by atoms with Crippen LogP contribution >= 0.6 is 0 Å². The van der Waals surface area contributed by atoms with E-state index in [1.165, 1.54) is 11.3 Å². The molecule has 1 saturated heterocycles. The number of rotatable bonds is 2. The van der Waals surface area contributed by atoms with E-state index in [-0.39, 0.29) is 11.4 Å². The summed E-state index contributed by atoms with van der Waals surface area (Å²) in [5.74, 6) is 0. The van der Waals surface area contributed by atoms with Crippen molar-refractivity contribution in [3.05, 3.63) is 59.7 Å². The summed E-state index contributed by atoms with van der Waals surface area (Å²) >= 11 is 0. The van der Waals surface area contributed by atoms with Crippen molar-refractivity contribution in [2.75, 3.05) is 36.4 Å². The van der Waals surface area contributed by atoms with Gasteiger partial charge in [0.1, 0.15) is 6.07 Å². The maximum absolute atomic E-state index is 12.5. The highest BCUT2D eigenvalue weighted by Crippen LogP contribution is 2.25. The third kappa shape index (κ3) is 4.40. The Bertz CT molecular complexity index is 838. The minimum Gasteiger partial charge on any atom is -0.368 e. The van der Waals surface area contributed by atoms with Crippen LogP contribution in [-0.4, -0.2) is 37.1 Å². The number of benzene rings is 2. The molecule has 0 aromatic heterocycles. The number of carbonyl (C=O) groups is 1. The van der Waals surface area contributed by atoms with E-state index >= 15 is 0 Å². The van der Waals surface area contributed by atoms with Gasteiger partial charge >= 0.3 is 6.03 Å². The smallest absolute Gasteiger partial charge is 0.322 e.